The highest BCUT2D eigenvalue weighted by molar-refractivity contribution is 6.07. The van der Waals surface area contributed by atoms with E-state index in [4.69, 9.17) is 9.26 Å². The third-order valence-electron chi connectivity index (χ3n) is 8.27. The van der Waals surface area contributed by atoms with Gasteiger partial charge in [0.15, 0.2) is 5.82 Å². The van der Waals surface area contributed by atoms with Gasteiger partial charge in [-0.1, -0.05) is 59.8 Å². The number of carbonyl (C=O) groups is 2. The number of nitrogens with zero attached hydrogens (tertiary/aromatic N) is 4. The molecule has 0 fully saturated rings. The molecule has 1 amide bonds. The second kappa shape index (κ2) is 16.3. The van der Waals surface area contributed by atoms with E-state index in [1.807, 2.05) is 97.9 Å². The monoisotopic (exact) mass is 655 g/mol. The van der Waals surface area contributed by atoms with Gasteiger partial charge in [-0.2, -0.15) is 4.98 Å². The number of carbonyl (C=O) groups excluding carboxylic acids is 2. The van der Waals surface area contributed by atoms with Crippen LogP contribution in [0.5, 0.6) is 5.75 Å². The first-order valence-corrected chi connectivity index (χ1v) is 16.0. The third kappa shape index (κ3) is 8.38. The summed E-state index contributed by atoms with van der Waals surface area (Å²) < 4.78 is 10.2. The van der Waals surface area contributed by atoms with E-state index < -0.39 is 0 Å². The summed E-state index contributed by atoms with van der Waals surface area (Å²) in [5.74, 6) is 1.93. The van der Waals surface area contributed by atoms with Crippen molar-refractivity contribution in [3.63, 3.8) is 0 Å². The Kier molecular flexibility index (Phi) is 11.5. The van der Waals surface area contributed by atoms with Gasteiger partial charge in [-0.15, -0.1) is 0 Å². The van der Waals surface area contributed by atoms with Gasteiger partial charge in [0.05, 0.1) is 20.2 Å². The summed E-state index contributed by atoms with van der Waals surface area (Å²) in [7, 11) is 5.47. The summed E-state index contributed by atoms with van der Waals surface area (Å²) in [5, 5.41) is 6.81. The van der Waals surface area contributed by atoms with Crippen molar-refractivity contribution in [3.05, 3.63) is 143 Å². The Hall–Kier alpha value is -5.80. The van der Waals surface area contributed by atoms with Crippen LogP contribution in [0.2, 0.25) is 0 Å². The molecule has 6 rings (SSSR count). The van der Waals surface area contributed by atoms with Gasteiger partial charge in [0.2, 0.25) is 0 Å². The lowest BCUT2D eigenvalue weighted by molar-refractivity contribution is -0.104. The van der Waals surface area contributed by atoms with Crippen LogP contribution in [-0.2, 0) is 17.9 Å². The lowest BCUT2D eigenvalue weighted by Crippen LogP contribution is -2.34. The molecule has 250 valence electrons. The van der Waals surface area contributed by atoms with Crippen molar-refractivity contribution < 1.29 is 18.8 Å². The number of aromatic nitrogens is 2. The number of benzene rings is 4. The van der Waals surface area contributed by atoms with Crippen LogP contribution in [-0.4, -0.2) is 55.0 Å². The summed E-state index contributed by atoms with van der Waals surface area (Å²) in [6, 6.07) is 29.8. The van der Waals surface area contributed by atoms with Gasteiger partial charge in [0, 0.05) is 36.1 Å². The number of allylic oxidation sites excluding steroid dienone is 3. The van der Waals surface area contributed by atoms with Gasteiger partial charge in [-0.05, 0) is 103 Å². The molecule has 1 N–H and O–H groups in total. The normalized spacial score (nSPS) is 13.4. The van der Waals surface area contributed by atoms with Gasteiger partial charge in [-0.25, -0.2) is 0 Å². The fourth-order valence-corrected chi connectivity index (χ4v) is 5.67. The zero-order valence-electron chi connectivity index (χ0n) is 28.5. The Labute approximate surface area is 287 Å². The number of amides is 1. The molecular weight excluding hydrogens is 614 g/mol. The molecule has 0 atom stereocenters. The molecule has 0 unspecified atom stereocenters. The quantitative estimate of drug-likeness (QED) is 0.139. The SMILES string of the molecule is CNCc1noc(-c2ccc(OC)cc2)n1.Cc1ccccc1-c1ccc(C(=O)N2C/C(=C/C=C/C=O)N(C)Cc3ccccc32)cc1C. The molecule has 0 saturated carbocycles. The molecule has 1 aliphatic rings. The largest absolute Gasteiger partial charge is 0.497 e. The fourth-order valence-electron chi connectivity index (χ4n) is 5.67. The van der Waals surface area contributed by atoms with Gasteiger partial charge < -0.3 is 24.4 Å². The van der Waals surface area contributed by atoms with Crippen molar-refractivity contribution in [2.24, 2.45) is 0 Å². The molecule has 0 aliphatic carbocycles. The maximum atomic E-state index is 13.8. The number of hydrogen-bond acceptors (Lipinski definition) is 8. The van der Waals surface area contributed by atoms with Crippen LogP contribution < -0.4 is 15.0 Å². The Morgan fingerprint density at radius 2 is 1.65 bits per heavy atom. The van der Waals surface area contributed by atoms with Gasteiger partial charge in [-0.3, -0.25) is 9.59 Å². The maximum absolute atomic E-state index is 13.8. The number of methoxy groups -OCH3 is 1. The number of para-hydroxylation sites is 1. The molecule has 0 bridgehead atoms. The molecule has 9 nitrogen and oxygen atoms in total. The summed E-state index contributed by atoms with van der Waals surface area (Å²) in [4.78, 5) is 32.7. The predicted octanol–water partition coefficient (Wildman–Crippen LogP) is 7.17. The van der Waals surface area contributed by atoms with Crippen LogP contribution in [0.1, 0.15) is 32.9 Å². The minimum Gasteiger partial charge on any atom is -0.497 e. The average Bonchev–Trinajstić information content (AvgIpc) is 3.54. The number of likely N-dealkylation sites (N-methyl/N-ethyl adjacent to an activating group) is 1. The van der Waals surface area contributed by atoms with Crippen LogP contribution in [0.4, 0.5) is 5.69 Å². The number of rotatable bonds is 8. The second-order valence-corrected chi connectivity index (χ2v) is 11.7. The molecule has 9 heteroatoms. The highest BCUT2D eigenvalue weighted by Crippen LogP contribution is 2.31. The van der Waals surface area contributed by atoms with Crippen molar-refractivity contribution in [2.75, 3.05) is 32.6 Å². The summed E-state index contributed by atoms with van der Waals surface area (Å²) in [6.45, 7) is 5.86. The van der Waals surface area contributed by atoms with Gasteiger partial charge in [0.25, 0.3) is 11.8 Å². The van der Waals surface area contributed by atoms with E-state index >= 15 is 0 Å². The number of ether oxygens (including phenoxy) is 1. The predicted molar refractivity (Wildman–Crippen MR) is 193 cm³/mol. The van der Waals surface area contributed by atoms with E-state index in [1.54, 1.807) is 13.2 Å². The number of aldehydes is 1. The van der Waals surface area contributed by atoms with Crippen molar-refractivity contribution >= 4 is 17.9 Å². The highest BCUT2D eigenvalue weighted by Gasteiger charge is 2.26. The Morgan fingerprint density at radius 1 is 0.918 bits per heavy atom. The van der Waals surface area contributed by atoms with E-state index in [-0.39, 0.29) is 5.91 Å². The standard InChI is InChI=1S/C29H28N2O2.C11H13N3O2/c1-21-10-4-6-13-26(21)27-16-15-23(18-22(27)2)29(33)31-20-25(12-8-9-17-32)30(3)19-24-11-5-7-14-28(24)31;1-12-7-10-13-11(16-14-10)8-3-5-9(15-2)6-4-8/h4-18H,19-20H2,1-3H3;3-6,12H,7H2,1-2H3/b9-8+,25-12-;. The molecule has 1 aromatic heterocycles. The van der Waals surface area contributed by atoms with Crippen LogP contribution in [0.25, 0.3) is 22.6 Å². The lowest BCUT2D eigenvalue weighted by Gasteiger charge is -2.25. The van der Waals surface area contributed by atoms with E-state index in [1.165, 1.54) is 17.2 Å². The molecule has 0 saturated heterocycles. The number of nitrogens with one attached hydrogen (secondary N) is 1. The molecule has 49 heavy (non-hydrogen) atoms. The molecule has 0 spiro atoms. The van der Waals surface area contributed by atoms with E-state index in [0.717, 1.165) is 45.7 Å². The third-order valence-corrected chi connectivity index (χ3v) is 8.27. The zero-order chi connectivity index (χ0) is 34.8. The first-order valence-electron chi connectivity index (χ1n) is 16.0. The first-order chi connectivity index (χ1) is 23.8. The van der Waals surface area contributed by atoms with Crippen LogP contribution >= 0.6 is 0 Å². The van der Waals surface area contributed by atoms with Crippen molar-refractivity contribution in [1.29, 1.82) is 0 Å². The van der Waals surface area contributed by atoms with E-state index in [0.29, 0.717) is 36.9 Å². The van der Waals surface area contributed by atoms with Crippen LogP contribution in [0.15, 0.2) is 119 Å². The Morgan fingerprint density at radius 3 is 2.37 bits per heavy atom. The smallest absolute Gasteiger partial charge is 0.258 e. The van der Waals surface area contributed by atoms with E-state index in [9.17, 15) is 9.59 Å². The van der Waals surface area contributed by atoms with Crippen molar-refractivity contribution in [1.82, 2.24) is 20.4 Å². The van der Waals surface area contributed by atoms with Gasteiger partial charge in [0.1, 0.15) is 12.0 Å². The van der Waals surface area contributed by atoms with Crippen molar-refractivity contribution in [3.8, 4) is 28.3 Å². The molecule has 5 aromatic rings. The average molecular weight is 656 g/mol. The van der Waals surface area contributed by atoms with Crippen LogP contribution in [0, 0.1) is 13.8 Å². The lowest BCUT2D eigenvalue weighted by atomic mass is 9.95. The molecule has 2 heterocycles. The van der Waals surface area contributed by atoms with Crippen LogP contribution in [0.3, 0.4) is 0 Å². The molecular formula is C40H41N5O4. The number of anilines is 1. The van der Waals surface area contributed by atoms with Crippen molar-refractivity contribution in [2.45, 2.75) is 26.9 Å². The minimum atomic E-state index is -0.0394. The topological polar surface area (TPSA) is 101 Å². The van der Waals surface area contributed by atoms with Gasteiger partial charge >= 0.3 is 0 Å². The second-order valence-electron chi connectivity index (χ2n) is 11.7. The number of fused-ring (bicyclic) bond motifs is 1. The Bertz CT molecular complexity index is 1960. The highest BCUT2D eigenvalue weighted by atomic mass is 16.5. The Balaban J connectivity index is 0.000000244. The zero-order valence-corrected chi connectivity index (χ0v) is 28.5. The van der Waals surface area contributed by atoms with E-state index in [2.05, 4.69) is 52.4 Å². The molecule has 0 radical (unpaired) electrons. The summed E-state index contributed by atoms with van der Waals surface area (Å²) in [5.41, 5.74) is 9.11. The fraction of sp³-hybridized carbons (Fsp3) is 0.200. The molecule has 1 aliphatic heterocycles. The first kappa shape index (κ1) is 34.5. The molecule has 4 aromatic carbocycles. The summed E-state index contributed by atoms with van der Waals surface area (Å²) >= 11 is 0. The summed E-state index contributed by atoms with van der Waals surface area (Å²) in [6.07, 6.45) is 5.83. The minimum absolute atomic E-state index is 0.0394. The maximum Gasteiger partial charge on any atom is 0.258 e. The number of aryl methyl sites for hydroxylation is 2. The number of hydrogen-bond donors (Lipinski definition) is 1.